The summed E-state index contributed by atoms with van der Waals surface area (Å²) in [6.07, 6.45) is 0. The molecule has 0 saturated carbocycles. The zero-order valence-corrected chi connectivity index (χ0v) is 11.9. The number of nitrogens with one attached hydrogen (secondary N) is 1. The summed E-state index contributed by atoms with van der Waals surface area (Å²) < 4.78 is 10.5. The van der Waals surface area contributed by atoms with Crippen molar-refractivity contribution in [2.24, 2.45) is 5.73 Å². The Hall–Kier alpha value is -1.40. The van der Waals surface area contributed by atoms with E-state index in [1.807, 2.05) is 13.8 Å². The Morgan fingerprint density at radius 2 is 2.16 bits per heavy atom. The maximum atomic E-state index is 11.8. The van der Waals surface area contributed by atoms with E-state index < -0.39 is 0 Å². The van der Waals surface area contributed by atoms with Gasteiger partial charge < -0.3 is 20.5 Å². The Balaban J connectivity index is 1.82. The van der Waals surface area contributed by atoms with Crippen molar-refractivity contribution in [3.63, 3.8) is 0 Å². The number of rotatable bonds is 5. The minimum absolute atomic E-state index is 0.0480. The van der Waals surface area contributed by atoms with Gasteiger partial charge in [-0.15, -0.1) is 0 Å². The lowest BCUT2D eigenvalue weighted by Gasteiger charge is -2.17. The average molecular weight is 282 g/mol. The number of benzene rings is 1. The molecular weight excluding hydrogens is 264 g/mol. The van der Waals surface area contributed by atoms with Gasteiger partial charge in [-0.3, -0.25) is 4.79 Å². The predicted molar refractivity (Wildman–Crippen MR) is 76.8 cm³/mol. The van der Waals surface area contributed by atoms with Crippen LogP contribution in [0.4, 0.5) is 5.69 Å². The van der Waals surface area contributed by atoms with E-state index in [1.54, 1.807) is 18.2 Å². The molecule has 0 saturated heterocycles. The highest BCUT2D eigenvalue weighted by molar-refractivity contribution is 8.00. The van der Waals surface area contributed by atoms with E-state index in [1.165, 1.54) is 11.8 Å². The van der Waals surface area contributed by atoms with Crippen molar-refractivity contribution in [1.82, 2.24) is 0 Å². The Bertz CT molecular complexity index is 471. The van der Waals surface area contributed by atoms with Crippen LogP contribution in [0.25, 0.3) is 0 Å². The van der Waals surface area contributed by atoms with Crippen LogP contribution < -0.4 is 20.5 Å². The SMILES string of the molecule is CC(C)(N)CSCC(=O)Nc1ccc2c(c1)OCO2. The van der Waals surface area contributed by atoms with E-state index in [0.29, 0.717) is 22.9 Å². The third-order valence-electron chi connectivity index (χ3n) is 2.36. The first-order valence-corrected chi connectivity index (χ1v) is 7.16. The van der Waals surface area contributed by atoms with E-state index in [-0.39, 0.29) is 18.2 Å². The highest BCUT2D eigenvalue weighted by atomic mass is 32.2. The van der Waals surface area contributed by atoms with Crippen molar-refractivity contribution in [1.29, 1.82) is 0 Å². The lowest BCUT2D eigenvalue weighted by atomic mass is 10.1. The number of carbonyl (C=O) groups is 1. The number of ether oxygens (including phenoxy) is 2. The average Bonchev–Trinajstić information content (AvgIpc) is 2.74. The van der Waals surface area contributed by atoms with Gasteiger partial charge in [-0.05, 0) is 26.0 Å². The standard InChI is InChI=1S/C13H18N2O3S/c1-13(2,14)7-19-6-12(16)15-9-3-4-10-11(5-9)18-8-17-10/h3-5H,6-8,14H2,1-2H3,(H,15,16). The van der Waals surface area contributed by atoms with Crippen LogP contribution in [0.3, 0.4) is 0 Å². The van der Waals surface area contributed by atoms with Gasteiger partial charge in [-0.1, -0.05) is 0 Å². The Labute approximate surface area is 116 Å². The summed E-state index contributed by atoms with van der Waals surface area (Å²) in [4.78, 5) is 11.8. The molecule has 1 aromatic carbocycles. The van der Waals surface area contributed by atoms with Crippen molar-refractivity contribution in [2.75, 3.05) is 23.6 Å². The maximum absolute atomic E-state index is 11.8. The predicted octanol–water partition coefficient (Wildman–Crippen LogP) is 1.82. The van der Waals surface area contributed by atoms with Crippen molar-refractivity contribution in [2.45, 2.75) is 19.4 Å². The lowest BCUT2D eigenvalue weighted by Crippen LogP contribution is -2.35. The van der Waals surface area contributed by atoms with Crippen LogP contribution in [0.1, 0.15) is 13.8 Å². The van der Waals surface area contributed by atoms with E-state index >= 15 is 0 Å². The quantitative estimate of drug-likeness (QED) is 0.862. The number of carbonyl (C=O) groups excluding carboxylic acids is 1. The summed E-state index contributed by atoms with van der Waals surface area (Å²) in [5.74, 6) is 2.44. The Morgan fingerprint density at radius 3 is 2.89 bits per heavy atom. The first-order chi connectivity index (χ1) is 8.94. The second-order valence-electron chi connectivity index (χ2n) is 5.10. The van der Waals surface area contributed by atoms with Gasteiger partial charge in [0.1, 0.15) is 0 Å². The number of anilines is 1. The molecule has 0 unspecified atom stereocenters. The van der Waals surface area contributed by atoms with Crippen LogP contribution in [0.2, 0.25) is 0 Å². The molecule has 0 fully saturated rings. The number of hydrogen-bond donors (Lipinski definition) is 2. The second-order valence-corrected chi connectivity index (χ2v) is 6.08. The summed E-state index contributed by atoms with van der Waals surface area (Å²) in [5.41, 5.74) is 6.30. The number of nitrogens with two attached hydrogens (primary N) is 1. The number of fused-ring (bicyclic) bond motifs is 1. The topological polar surface area (TPSA) is 73.6 Å². The van der Waals surface area contributed by atoms with Gasteiger partial charge in [0.25, 0.3) is 0 Å². The van der Waals surface area contributed by atoms with Crippen LogP contribution in [0.15, 0.2) is 18.2 Å². The van der Waals surface area contributed by atoms with Gasteiger partial charge in [-0.25, -0.2) is 0 Å². The number of hydrogen-bond acceptors (Lipinski definition) is 5. The summed E-state index contributed by atoms with van der Waals surface area (Å²) >= 11 is 1.52. The lowest BCUT2D eigenvalue weighted by molar-refractivity contribution is -0.113. The van der Waals surface area contributed by atoms with Gasteiger partial charge in [0.05, 0.1) is 5.75 Å². The molecule has 1 amide bonds. The van der Waals surface area contributed by atoms with Crippen LogP contribution in [0.5, 0.6) is 11.5 Å². The third kappa shape index (κ3) is 4.33. The van der Waals surface area contributed by atoms with Gasteiger partial charge in [0.15, 0.2) is 11.5 Å². The minimum atomic E-state index is -0.260. The molecule has 0 aliphatic carbocycles. The maximum Gasteiger partial charge on any atom is 0.234 e. The largest absolute Gasteiger partial charge is 0.454 e. The highest BCUT2D eigenvalue weighted by Gasteiger charge is 2.15. The zero-order chi connectivity index (χ0) is 13.9. The fourth-order valence-corrected chi connectivity index (χ4v) is 2.46. The van der Waals surface area contributed by atoms with Crippen molar-refractivity contribution in [3.05, 3.63) is 18.2 Å². The summed E-state index contributed by atoms with van der Waals surface area (Å²) in [5, 5.41) is 2.82. The van der Waals surface area contributed by atoms with Gasteiger partial charge >= 0.3 is 0 Å². The van der Waals surface area contributed by atoms with E-state index in [0.717, 1.165) is 5.75 Å². The molecule has 104 valence electrons. The van der Waals surface area contributed by atoms with E-state index in [2.05, 4.69) is 5.32 Å². The molecule has 2 rings (SSSR count). The molecule has 5 nitrogen and oxygen atoms in total. The molecular formula is C13H18N2O3S. The summed E-state index contributed by atoms with van der Waals surface area (Å²) in [6.45, 7) is 4.11. The molecule has 3 N–H and O–H groups in total. The van der Waals surface area contributed by atoms with Gasteiger partial charge in [0.2, 0.25) is 12.7 Å². The van der Waals surface area contributed by atoms with Crippen LogP contribution >= 0.6 is 11.8 Å². The zero-order valence-electron chi connectivity index (χ0n) is 11.1. The fourth-order valence-electron chi connectivity index (χ4n) is 1.58. The number of amides is 1. The molecule has 0 bridgehead atoms. The Morgan fingerprint density at radius 1 is 1.42 bits per heavy atom. The molecule has 1 heterocycles. The van der Waals surface area contributed by atoms with Gasteiger partial charge in [-0.2, -0.15) is 11.8 Å². The molecule has 1 aliphatic rings. The van der Waals surface area contributed by atoms with E-state index in [4.69, 9.17) is 15.2 Å². The molecule has 6 heteroatoms. The molecule has 0 spiro atoms. The summed E-state index contributed by atoms with van der Waals surface area (Å²) in [6, 6.07) is 5.34. The highest BCUT2D eigenvalue weighted by Crippen LogP contribution is 2.34. The molecule has 0 atom stereocenters. The Kier molecular flexibility index (Phi) is 4.21. The first-order valence-electron chi connectivity index (χ1n) is 6.00. The van der Waals surface area contributed by atoms with Gasteiger partial charge in [0, 0.05) is 23.0 Å². The van der Waals surface area contributed by atoms with Crippen LogP contribution in [-0.4, -0.2) is 29.7 Å². The molecule has 0 radical (unpaired) electrons. The van der Waals surface area contributed by atoms with Crippen LogP contribution in [0, 0.1) is 0 Å². The van der Waals surface area contributed by atoms with E-state index in [9.17, 15) is 4.79 Å². The summed E-state index contributed by atoms with van der Waals surface area (Å²) in [7, 11) is 0. The van der Waals surface area contributed by atoms with Crippen molar-refractivity contribution < 1.29 is 14.3 Å². The van der Waals surface area contributed by atoms with Crippen molar-refractivity contribution in [3.8, 4) is 11.5 Å². The smallest absolute Gasteiger partial charge is 0.234 e. The van der Waals surface area contributed by atoms with Crippen molar-refractivity contribution >= 4 is 23.4 Å². The molecule has 1 aromatic rings. The fraction of sp³-hybridized carbons (Fsp3) is 0.462. The number of thioether (sulfide) groups is 1. The normalized spacial score (nSPS) is 13.4. The second kappa shape index (κ2) is 5.71. The van der Waals surface area contributed by atoms with Crippen LogP contribution in [-0.2, 0) is 4.79 Å². The first kappa shape index (κ1) is 14.0. The molecule has 19 heavy (non-hydrogen) atoms. The third-order valence-corrected chi connectivity index (χ3v) is 3.78. The minimum Gasteiger partial charge on any atom is -0.454 e. The molecule has 1 aliphatic heterocycles. The monoisotopic (exact) mass is 282 g/mol. The molecule has 0 aromatic heterocycles.